The summed E-state index contributed by atoms with van der Waals surface area (Å²) in [7, 11) is 0. The molecule has 0 spiro atoms. The van der Waals surface area contributed by atoms with E-state index < -0.39 is 0 Å². The first-order valence-electron chi connectivity index (χ1n) is 15.6. The van der Waals surface area contributed by atoms with Crippen LogP contribution in [0.25, 0.3) is 39.1 Å². The summed E-state index contributed by atoms with van der Waals surface area (Å²) in [6.45, 7) is 0. The summed E-state index contributed by atoms with van der Waals surface area (Å²) in [4.78, 5) is 7.45. The lowest BCUT2D eigenvalue weighted by molar-refractivity contribution is 0.633. The molecule has 0 saturated carbocycles. The van der Waals surface area contributed by atoms with Crippen molar-refractivity contribution in [2.45, 2.75) is 6.17 Å². The molecule has 6 aromatic carbocycles. The van der Waals surface area contributed by atoms with Crippen molar-refractivity contribution in [1.82, 2.24) is 5.32 Å². The van der Waals surface area contributed by atoms with Gasteiger partial charge in [0.15, 0.2) is 0 Å². The highest BCUT2D eigenvalue weighted by Crippen LogP contribution is 2.53. The van der Waals surface area contributed by atoms with Crippen LogP contribution in [-0.2, 0) is 0 Å². The molecule has 1 aromatic heterocycles. The molecule has 46 heavy (non-hydrogen) atoms. The Morgan fingerprint density at radius 2 is 1.20 bits per heavy atom. The minimum absolute atomic E-state index is 0.184. The molecular weight excluding hydrogens is 562 g/mol. The lowest BCUT2D eigenvalue weighted by Gasteiger charge is -2.28. The fourth-order valence-corrected chi connectivity index (χ4v) is 6.70. The molecule has 2 aliphatic rings. The predicted molar refractivity (Wildman–Crippen MR) is 189 cm³/mol. The number of hydrogen-bond donors (Lipinski definition) is 1. The number of rotatable bonds is 4. The fourth-order valence-electron chi connectivity index (χ4n) is 6.70. The Bertz CT molecular complexity index is 2280. The van der Waals surface area contributed by atoms with Crippen molar-refractivity contribution < 1.29 is 4.42 Å². The number of para-hydroxylation sites is 3. The maximum Gasteiger partial charge on any atom is 0.145 e. The van der Waals surface area contributed by atoms with E-state index >= 15 is 0 Å². The third-order valence-corrected chi connectivity index (χ3v) is 8.86. The fraction of sp³-hybridized carbons (Fsp3) is 0.0238. The molecule has 0 bridgehead atoms. The van der Waals surface area contributed by atoms with Crippen molar-refractivity contribution in [3.8, 4) is 22.5 Å². The van der Waals surface area contributed by atoms with Crippen molar-refractivity contribution in [2.75, 3.05) is 4.90 Å². The lowest BCUT2D eigenvalue weighted by atomic mass is 9.98. The number of allylic oxidation sites excluding steroid dienone is 1. The standard InChI is InChI=1S/C42H29N3O/c1-3-13-28(14-4-1)35-27-36(44-42(43-35)30-15-5-2-6-16-30)29-23-25-31(26-24-29)45-37-20-10-7-17-32(37)40-34-19-9-12-22-39(34)46-41(40)33-18-8-11-21-38(33)45/h1-27,42,44H. The molecule has 1 atom stereocenters. The van der Waals surface area contributed by atoms with Gasteiger partial charge < -0.3 is 14.6 Å². The van der Waals surface area contributed by atoms with Crippen LogP contribution in [0.1, 0.15) is 22.9 Å². The maximum absolute atomic E-state index is 6.58. The average molecular weight is 592 g/mol. The number of benzene rings is 6. The predicted octanol–water partition coefficient (Wildman–Crippen LogP) is 10.7. The van der Waals surface area contributed by atoms with Gasteiger partial charge in [0.1, 0.15) is 17.5 Å². The third kappa shape index (κ3) is 4.34. The highest BCUT2D eigenvalue weighted by molar-refractivity contribution is 6.13. The number of furan rings is 1. The topological polar surface area (TPSA) is 40.8 Å². The Balaban J connectivity index is 1.16. The minimum Gasteiger partial charge on any atom is -0.455 e. The highest BCUT2D eigenvalue weighted by Gasteiger charge is 2.30. The third-order valence-electron chi connectivity index (χ3n) is 8.86. The van der Waals surface area contributed by atoms with E-state index in [0.29, 0.717) is 0 Å². The minimum atomic E-state index is -0.184. The zero-order chi connectivity index (χ0) is 30.5. The molecule has 3 heterocycles. The summed E-state index contributed by atoms with van der Waals surface area (Å²) >= 11 is 0. The Hall–Kier alpha value is -6.13. The summed E-state index contributed by atoms with van der Waals surface area (Å²) in [5.74, 6) is 0.902. The van der Waals surface area contributed by atoms with Crippen molar-refractivity contribution in [1.29, 1.82) is 0 Å². The average Bonchev–Trinajstić information content (AvgIpc) is 3.47. The van der Waals surface area contributed by atoms with Gasteiger partial charge in [-0.3, -0.25) is 4.99 Å². The second-order valence-electron chi connectivity index (χ2n) is 11.6. The first-order chi connectivity index (χ1) is 22.8. The van der Waals surface area contributed by atoms with Crippen molar-refractivity contribution in [2.24, 2.45) is 4.99 Å². The van der Waals surface area contributed by atoms with Gasteiger partial charge in [0, 0.05) is 33.5 Å². The molecule has 1 N–H and O–H groups in total. The number of nitrogens with zero attached hydrogens (tertiary/aromatic N) is 2. The van der Waals surface area contributed by atoms with Gasteiger partial charge in [0.2, 0.25) is 0 Å². The van der Waals surface area contributed by atoms with Gasteiger partial charge in [-0.25, -0.2) is 0 Å². The van der Waals surface area contributed by atoms with Crippen LogP contribution in [0.4, 0.5) is 17.1 Å². The van der Waals surface area contributed by atoms with Crippen molar-refractivity contribution >= 4 is 39.4 Å². The number of fused-ring (bicyclic) bond motifs is 7. The number of nitrogens with one attached hydrogen (secondary N) is 1. The first-order valence-corrected chi connectivity index (χ1v) is 15.6. The smallest absolute Gasteiger partial charge is 0.145 e. The van der Waals surface area contributed by atoms with E-state index in [1.807, 2.05) is 18.2 Å². The molecule has 7 aromatic rings. The molecule has 0 radical (unpaired) electrons. The molecule has 0 fully saturated rings. The van der Waals surface area contributed by atoms with Gasteiger partial charge in [-0.2, -0.15) is 0 Å². The zero-order valence-electron chi connectivity index (χ0n) is 25.0. The van der Waals surface area contributed by atoms with E-state index in [1.54, 1.807) is 0 Å². The number of aliphatic imine (C=N–C) groups is 1. The summed E-state index contributed by atoms with van der Waals surface area (Å²) in [5, 5.41) is 4.82. The normalized spacial score (nSPS) is 15.1. The van der Waals surface area contributed by atoms with Crippen LogP contribution in [0.2, 0.25) is 0 Å². The lowest BCUT2D eigenvalue weighted by Crippen LogP contribution is -2.24. The zero-order valence-corrected chi connectivity index (χ0v) is 25.0. The Morgan fingerprint density at radius 3 is 1.98 bits per heavy atom. The Labute approximate surface area is 267 Å². The Morgan fingerprint density at radius 1 is 0.565 bits per heavy atom. The van der Waals surface area contributed by atoms with Crippen LogP contribution in [0.3, 0.4) is 0 Å². The molecule has 218 valence electrons. The van der Waals surface area contributed by atoms with E-state index in [0.717, 1.165) is 78.6 Å². The first kappa shape index (κ1) is 26.3. The summed E-state index contributed by atoms with van der Waals surface area (Å²) in [6.07, 6.45) is 1.97. The molecule has 1 unspecified atom stereocenters. The highest BCUT2D eigenvalue weighted by atomic mass is 16.3. The molecule has 0 aliphatic carbocycles. The van der Waals surface area contributed by atoms with Crippen molar-refractivity contribution in [3.63, 3.8) is 0 Å². The van der Waals surface area contributed by atoms with E-state index in [-0.39, 0.29) is 6.17 Å². The summed E-state index contributed by atoms with van der Waals surface area (Å²) < 4.78 is 6.58. The van der Waals surface area contributed by atoms with Gasteiger partial charge in [-0.1, -0.05) is 121 Å². The SMILES string of the molecule is C1=C(c2ccc(N3c4ccccc4-c4oc5ccccc5c4-c4ccccc43)cc2)NC(c2ccccc2)N=C1c1ccccc1. The van der Waals surface area contributed by atoms with Crippen molar-refractivity contribution in [3.05, 3.63) is 180 Å². The molecule has 4 heteroatoms. The van der Waals surface area contributed by atoms with Gasteiger partial charge in [-0.15, -0.1) is 0 Å². The van der Waals surface area contributed by atoms with E-state index in [2.05, 4.69) is 156 Å². The van der Waals surface area contributed by atoms with E-state index in [4.69, 9.17) is 9.41 Å². The molecule has 2 aliphatic heterocycles. The van der Waals surface area contributed by atoms with Gasteiger partial charge in [-0.05, 0) is 59.2 Å². The second kappa shape index (κ2) is 10.8. The van der Waals surface area contributed by atoms with Crippen LogP contribution in [0, 0.1) is 0 Å². The molecule has 4 nitrogen and oxygen atoms in total. The quantitative estimate of drug-likeness (QED) is 0.221. The van der Waals surface area contributed by atoms with Crippen LogP contribution in [-0.4, -0.2) is 5.71 Å². The number of hydrogen-bond acceptors (Lipinski definition) is 4. The van der Waals surface area contributed by atoms with Crippen LogP contribution < -0.4 is 10.2 Å². The maximum atomic E-state index is 6.58. The van der Waals surface area contributed by atoms with Gasteiger partial charge in [0.05, 0.1) is 17.1 Å². The van der Waals surface area contributed by atoms with Gasteiger partial charge >= 0.3 is 0 Å². The molecule has 0 saturated heterocycles. The Kier molecular flexibility index (Phi) is 6.17. The summed E-state index contributed by atoms with van der Waals surface area (Å²) in [6, 6.07) is 55.1. The van der Waals surface area contributed by atoms with E-state index in [9.17, 15) is 0 Å². The van der Waals surface area contributed by atoms with Crippen LogP contribution >= 0.6 is 0 Å². The molecule has 0 amide bonds. The second-order valence-corrected chi connectivity index (χ2v) is 11.6. The van der Waals surface area contributed by atoms with E-state index in [1.165, 1.54) is 0 Å². The molecule has 9 rings (SSSR count). The monoisotopic (exact) mass is 591 g/mol. The van der Waals surface area contributed by atoms with Crippen LogP contribution in [0.5, 0.6) is 0 Å². The molecular formula is C42H29N3O. The number of anilines is 3. The largest absolute Gasteiger partial charge is 0.455 e. The van der Waals surface area contributed by atoms with Crippen LogP contribution in [0.15, 0.2) is 173 Å². The van der Waals surface area contributed by atoms with Gasteiger partial charge in [0.25, 0.3) is 0 Å². The summed E-state index contributed by atoms with van der Waals surface area (Å²) in [5.41, 5.74) is 12.8.